The molecule has 3 rings (SSSR count). The van der Waals surface area contributed by atoms with Gasteiger partial charge in [-0.05, 0) is 50.9 Å². The van der Waals surface area contributed by atoms with Gasteiger partial charge < -0.3 is 15.5 Å². The van der Waals surface area contributed by atoms with E-state index in [4.69, 9.17) is 0 Å². The first-order valence-electron chi connectivity index (χ1n) is 8.10. The normalized spacial score (nSPS) is 29.0. The second-order valence-corrected chi connectivity index (χ2v) is 6.86. The first kappa shape index (κ1) is 14.8. The van der Waals surface area contributed by atoms with E-state index >= 15 is 0 Å². The molecule has 4 atom stereocenters. The highest BCUT2D eigenvalue weighted by atomic mass is 16.3. The summed E-state index contributed by atoms with van der Waals surface area (Å²) in [6.07, 6.45) is 7.25. The summed E-state index contributed by atoms with van der Waals surface area (Å²) in [5.41, 5.74) is 2.13. The number of aliphatic hydroxyl groups is 1. The lowest BCUT2D eigenvalue weighted by Crippen LogP contribution is -2.36. The van der Waals surface area contributed by atoms with Gasteiger partial charge in [0.25, 0.3) is 0 Å². The highest BCUT2D eigenvalue weighted by Crippen LogP contribution is 2.49. The molecule has 0 spiro atoms. The van der Waals surface area contributed by atoms with E-state index in [-0.39, 0.29) is 12.4 Å². The zero-order valence-corrected chi connectivity index (χ0v) is 13.0. The van der Waals surface area contributed by atoms with Gasteiger partial charge in [-0.25, -0.2) is 0 Å². The Bertz CT molecular complexity index is 518. The van der Waals surface area contributed by atoms with E-state index in [9.17, 15) is 10.2 Å². The molecule has 4 heteroatoms. The van der Waals surface area contributed by atoms with Gasteiger partial charge in [0.2, 0.25) is 0 Å². The monoisotopic (exact) mass is 290 g/mol. The number of hydrogen-bond acceptors (Lipinski definition) is 4. The predicted molar refractivity (Wildman–Crippen MR) is 81.8 cm³/mol. The first-order valence-corrected chi connectivity index (χ1v) is 8.10. The third-order valence-electron chi connectivity index (χ3n) is 5.64. The van der Waals surface area contributed by atoms with Gasteiger partial charge in [-0.2, -0.15) is 0 Å². The number of aromatic hydroxyl groups is 1. The summed E-state index contributed by atoms with van der Waals surface area (Å²) in [4.78, 5) is 4.11. The van der Waals surface area contributed by atoms with Gasteiger partial charge in [0, 0.05) is 29.9 Å². The van der Waals surface area contributed by atoms with E-state index in [2.05, 4.69) is 17.2 Å². The fraction of sp³-hybridized carbons (Fsp3) is 0.706. The van der Waals surface area contributed by atoms with E-state index < -0.39 is 0 Å². The summed E-state index contributed by atoms with van der Waals surface area (Å²) in [6.45, 7) is 4.56. The van der Waals surface area contributed by atoms with Crippen molar-refractivity contribution in [1.82, 2.24) is 10.3 Å². The third kappa shape index (κ3) is 2.79. The van der Waals surface area contributed by atoms with E-state index in [1.54, 1.807) is 13.1 Å². The zero-order chi connectivity index (χ0) is 15.0. The van der Waals surface area contributed by atoms with Crippen LogP contribution in [0.25, 0.3) is 0 Å². The molecule has 0 amide bonds. The molecule has 21 heavy (non-hydrogen) atoms. The molecule has 1 heterocycles. The molecule has 2 aliphatic carbocycles. The Hall–Kier alpha value is -1.13. The lowest BCUT2D eigenvalue weighted by atomic mass is 9.84. The standard InChI is InChI=1S/C17H26N2O2/c1-10(15-6-12-3-4-13(15)5-12)19-8-16-14(9-20)7-18-11(2)17(16)21/h7,10,12-13,15,19-21H,3-6,8-9H2,1-2H3. The third-order valence-corrected chi connectivity index (χ3v) is 5.64. The van der Waals surface area contributed by atoms with Crippen LogP contribution in [-0.4, -0.2) is 21.2 Å². The van der Waals surface area contributed by atoms with E-state index in [0.29, 0.717) is 23.8 Å². The van der Waals surface area contributed by atoms with Crippen LogP contribution in [-0.2, 0) is 13.2 Å². The molecule has 1 aromatic heterocycles. The van der Waals surface area contributed by atoms with Crippen LogP contribution in [0.3, 0.4) is 0 Å². The predicted octanol–water partition coefficient (Wildman–Crippen LogP) is 2.50. The fourth-order valence-electron chi connectivity index (χ4n) is 4.34. The van der Waals surface area contributed by atoms with Crippen molar-refractivity contribution in [1.29, 1.82) is 0 Å². The van der Waals surface area contributed by atoms with Crippen molar-refractivity contribution in [2.45, 2.75) is 58.7 Å². The fourth-order valence-corrected chi connectivity index (χ4v) is 4.34. The molecule has 0 radical (unpaired) electrons. The highest BCUT2D eigenvalue weighted by molar-refractivity contribution is 5.40. The molecule has 2 saturated carbocycles. The second kappa shape index (κ2) is 5.93. The Morgan fingerprint density at radius 3 is 2.81 bits per heavy atom. The van der Waals surface area contributed by atoms with Crippen molar-refractivity contribution in [3.05, 3.63) is 23.0 Å². The number of pyridine rings is 1. The molecule has 0 saturated heterocycles. The van der Waals surface area contributed by atoms with Gasteiger partial charge in [0.05, 0.1) is 12.3 Å². The molecule has 116 valence electrons. The van der Waals surface area contributed by atoms with Crippen LogP contribution in [0.1, 0.15) is 49.4 Å². The molecular formula is C17H26N2O2. The molecule has 2 fully saturated rings. The maximum absolute atomic E-state index is 10.2. The molecular weight excluding hydrogens is 264 g/mol. The van der Waals surface area contributed by atoms with Crippen LogP contribution >= 0.6 is 0 Å². The van der Waals surface area contributed by atoms with Gasteiger partial charge in [0.15, 0.2) is 0 Å². The van der Waals surface area contributed by atoms with Crippen molar-refractivity contribution >= 4 is 0 Å². The quantitative estimate of drug-likeness (QED) is 0.779. The maximum atomic E-state index is 10.2. The van der Waals surface area contributed by atoms with Crippen LogP contribution in [0.4, 0.5) is 0 Å². The molecule has 2 bridgehead atoms. The number of rotatable bonds is 5. The average Bonchev–Trinajstić information content (AvgIpc) is 3.11. The summed E-state index contributed by atoms with van der Waals surface area (Å²) in [5.74, 6) is 2.83. The summed E-state index contributed by atoms with van der Waals surface area (Å²) in [7, 11) is 0. The number of aromatic nitrogens is 1. The molecule has 0 aliphatic heterocycles. The first-order chi connectivity index (χ1) is 10.1. The van der Waals surface area contributed by atoms with E-state index in [1.165, 1.54) is 25.7 Å². The second-order valence-electron chi connectivity index (χ2n) is 6.86. The Kier molecular flexibility index (Phi) is 4.18. The molecule has 4 unspecified atom stereocenters. The number of fused-ring (bicyclic) bond motifs is 2. The van der Waals surface area contributed by atoms with Crippen LogP contribution in [0.5, 0.6) is 5.75 Å². The van der Waals surface area contributed by atoms with Crippen molar-refractivity contribution in [2.75, 3.05) is 0 Å². The number of aryl methyl sites for hydroxylation is 1. The van der Waals surface area contributed by atoms with Crippen LogP contribution < -0.4 is 5.32 Å². The van der Waals surface area contributed by atoms with Gasteiger partial charge in [0.1, 0.15) is 5.75 Å². The number of nitrogens with one attached hydrogen (secondary N) is 1. The molecule has 1 aromatic rings. The number of nitrogens with zero attached hydrogens (tertiary/aromatic N) is 1. The molecule has 3 N–H and O–H groups in total. The average molecular weight is 290 g/mol. The van der Waals surface area contributed by atoms with Crippen molar-refractivity contribution < 1.29 is 10.2 Å². The minimum Gasteiger partial charge on any atom is -0.506 e. The summed E-state index contributed by atoms with van der Waals surface area (Å²) < 4.78 is 0. The number of hydrogen-bond donors (Lipinski definition) is 3. The topological polar surface area (TPSA) is 65.4 Å². The van der Waals surface area contributed by atoms with Crippen LogP contribution in [0.15, 0.2) is 6.20 Å². The lowest BCUT2D eigenvalue weighted by Gasteiger charge is -2.29. The van der Waals surface area contributed by atoms with Crippen molar-refractivity contribution in [3.8, 4) is 5.75 Å². The Labute approximate surface area is 126 Å². The van der Waals surface area contributed by atoms with Crippen molar-refractivity contribution in [3.63, 3.8) is 0 Å². The smallest absolute Gasteiger partial charge is 0.141 e. The Morgan fingerprint density at radius 2 is 2.19 bits per heavy atom. The van der Waals surface area contributed by atoms with E-state index in [0.717, 1.165) is 23.3 Å². The Morgan fingerprint density at radius 1 is 1.38 bits per heavy atom. The summed E-state index contributed by atoms with van der Waals surface area (Å²) in [6, 6.07) is 0.458. The van der Waals surface area contributed by atoms with Gasteiger partial charge in [-0.3, -0.25) is 4.98 Å². The minimum absolute atomic E-state index is 0.0830. The SMILES string of the molecule is Cc1ncc(CO)c(CNC(C)C2CC3CCC2C3)c1O. The lowest BCUT2D eigenvalue weighted by molar-refractivity contribution is 0.256. The molecule has 2 aliphatic rings. The largest absolute Gasteiger partial charge is 0.506 e. The van der Waals surface area contributed by atoms with Crippen LogP contribution in [0.2, 0.25) is 0 Å². The number of aliphatic hydroxyl groups excluding tert-OH is 1. The molecule has 4 nitrogen and oxygen atoms in total. The summed E-state index contributed by atoms with van der Waals surface area (Å²) >= 11 is 0. The van der Waals surface area contributed by atoms with Crippen molar-refractivity contribution in [2.24, 2.45) is 17.8 Å². The maximum Gasteiger partial charge on any atom is 0.141 e. The summed E-state index contributed by atoms with van der Waals surface area (Å²) in [5, 5.41) is 23.2. The zero-order valence-electron chi connectivity index (χ0n) is 13.0. The van der Waals surface area contributed by atoms with Crippen LogP contribution in [0, 0.1) is 24.7 Å². The highest BCUT2D eigenvalue weighted by Gasteiger charge is 2.41. The van der Waals surface area contributed by atoms with Gasteiger partial charge in [-0.15, -0.1) is 0 Å². The molecule has 0 aromatic carbocycles. The van der Waals surface area contributed by atoms with Gasteiger partial charge >= 0.3 is 0 Å². The Balaban J connectivity index is 1.66. The van der Waals surface area contributed by atoms with E-state index in [1.807, 2.05) is 0 Å². The minimum atomic E-state index is -0.0830. The van der Waals surface area contributed by atoms with Gasteiger partial charge in [-0.1, -0.05) is 6.42 Å².